The van der Waals surface area contributed by atoms with Crippen LogP contribution in [-0.2, 0) is 19.4 Å². The van der Waals surface area contributed by atoms with E-state index >= 15 is 0 Å². The number of hydrogen-bond acceptors (Lipinski definition) is 4. The maximum Gasteiger partial charge on any atom is 0.302 e. The minimum absolute atomic E-state index is 0.229. The van der Waals surface area contributed by atoms with Gasteiger partial charge in [0.05, 0.1) is 18.1 Å². The minimum Gasteiger partial charge on any atom is -0.466 e. The quantitative estimate of drug-likeness (QED) is 0.613. The lowest BCUT2D eigenvalue weighted by Gasteiger charge is -2.20. The fourth-order valence-corrected chi connectivity index (χ4v) is 2.93. The summed E-state index contributed by atoms with van der Waals surface area (Å²) in [5.74, 6) is 0.401. The first kappa shape index (κ1) is 10.5. The summed E-state index contributed by atoms with van der Waals surface area (Å²) < 4.78 is 26.9. The molecule has 0 aromatic carbocycles. The second-order valence-electron chi connectivity index (χ2n) is 3.40. The highest BCUT2D eigenvalue weighted by atomic mass is 32.2. The Bertz CT molecular complexity index is 267. The van der Waals surface area contributed by atoms with E-state index in [-0.39, 0.29) is 23.4 Å². The monoisotopic (exact) mass is 206 g/mol. The Balaban J connectivity index is 2.29. The molecule has 0 N–H and O–H groups in total. The molecular weight excluding hydrogens is 192 g/mol. The van der Waals surface area contributed by atoms with Crippen LogP contribution < -0.4 is 0 Å². The summed E-state index contributed by atoms with van der Waals surface area (Å²) >= 11 is 0. The first-order valence-corrected chi connectivity index (χ1v) is 6.15. The topological polar surface area (TPSA) is 60.4 Å². The first-order valence-electron chi connectivity index (χ1n) is 4.33. The molecule has 1 fully saturated rings. The van der Waals surface area contributed by atoms with Crippen molar-refractivity contribution in [1.82, 2.24) is 0 Å². The van der Waals surface area contributed by atoms with Gasteiger partial charge in [0.2, 0.25) is 0 Å². The van der Waals surface area contributed by atoms with Crippen LogP contribution in [0.4, 0.5) is 0 Å². The lowest BCUT2D eigenvalue weighted by molar-refractivity contribution is -0.142. The maximum atomic E-state index is 11.0. The minimum atomic E-state index is -2.79. The Labute approximate surface area is 78.2 Å². The molecule has 76 valence electrons. The van der Waals surface area contributed by atoms with Gasteiger partial charge in [0, 0.05) is 6.92 Å². The molecule has 1 saturated heterocycles. The van der Waals surface area contributed by atoms with Gasteiger partial charge < -0.3 is 4.74 Å². The van der Waals surface area contributed by atoms with E-state index in [1.54, 1.807) is 0 Å². The van der Waals surface area contributed by atoms with E-state index < -0.39 is 9.84 Å². The van der Waals surface area contributed by atoms with E-state index in [0.717, 1.165) is 0 Å². The van der Waals surface area contributed by atoms with Crippen molar-refractivity contribution in [3.05, 3.63) is 0 Å². The summed E-state index contributed by atoms with van der Waals surface area (Å²) in [4.78, 5) is 10.5. The van der Waals surface area contributed by atoms with Crippen LogP contribution in [0, 0.1) is 5.92 Å². The molecule has 0 bridgehead atoms. The average Bonchev–Trinajstić information content (AvgIpc) is 2.02. The molecule has 0 aliphatic carbocycles. The summed E-state index contributed by atoms with van der Waals surface area (Å²) in [5.41, 5.74) is 0. The highest BCUT2D eigenvalue weighted by molar-refractivity contribution is 7.91. The van der Waals surface area contributed by atoms with Gasteiger partial charge in [-0.2, -0.15) is 0 Å². The zero-order valence-corrected chi connectivity index (χ0v) is 8.47. The van der Waals surface area contributed by atoms with Gasteiger partial charge in [-0.1, -0.05) is 0 Å². The van der Waals surface area contributed by atoms with Crippen LogP contribution >= 0.6 is 0 Å². The smallest absolute Gasteiger partial charge is 0.302 e. The third-order valence-corrected chi connectivity index (χ3v) is 3.91. The molecule has 1 rings (SSSR count). The van der Waals surface area contributed by atoms with Crippen LogP contribution in [0.25, 0.3) is 0 Å². The van der Waals surface area contributed by atoms with E-state index in [2.05, 4.69) is 0 Å². The Morgan fingerprint density at radius 1 is 1.38 bits per heavy atom. The molecule has 0 radical (unpaired) electrons. The summed E-state index contributed by atoms with van der Waals surface area (Å²) in [7, 11) is -2.79. The van der Waals surface area contributed by atoms with Gasteiger partial charge in [0.1, 0.15) is 9.84 Å². The lowest BCUT2D eigenvalue weighted by Crippen LogP contribution is -2.26. The van der Waals surface area contributed by atoms with Crippen molar-refractivity contribution in [2.24, 2.45) is 5.92 Å². The van der Waals surface area contributed by atoms with Crippen molar-refractivity contribution in [3.8, 4) is 0 Å². The number of hydrogen-bond donors (Lipinski definition) is 0. The number of esters is 1. The molecule has 1 heterocycles. The van der Waals surface area contributed by atoms with Crippen molar-refractivity contribution >= 4 is 15.8 Å². The number of rotatable bonds is 2. The van der Waals surface area contributed by atoms with Crippen LogP contribution in [0.15, 0.2) is 0 Å². The Hall–Kier alpha value is -0.580. The Kier molecular flexibility index (Phi) is 3.30. The normalized spacial score (nSPS) is 22.5. The second kappa shape index (κ2) is 4.09. The molecule has 0 amide bonds. The predicted octanol–water partition coefficient (Wildman–Crippen LogP) is 0.374. The van der Waals surface area contributed by atoms with Gasteiger partial charge in [0.25, 0.3) is 0 Å². The van der Waals surface area contributed by atoms with Crippen molar-refractivity contribution < 1.29 is 17.9 Å². The Morgan fingerprint density at radius 2 is 1.92 bits per heavy atom. The number of ether oxygens (including phenoxy) is 1. The molecule has 0 aromatic heterocycles. The summed E-state index contributed by atoms with van der Waals surface area (Å²) in [5, 5.41) is 0. The molecule has 1 aliphatic heterocycles. The molecular formula is C8H14O4S. The van der Waals surface area contributed by atoms with Crippen LogP contribution in [0.1, 0.15) is 19.8 Å². The third-order valence-electron chi connectivity index (χ3n) is 2.20. The van der Waals surface area contributed by atoms with Gasteiger partial charge >= 0.3 is 5.97 Å². The van der Waals surface area contributed by atoms with Crippen molar-refractivity contribution in [3.63, 3.8) is 0 Å². The largest absolute Gasteiger partial charge is 0.466 e. The van der Waals surface area contributed by atoms with E-state index in [1.165, 1.54) is 6.92 Å². The molecule has 0 unspecified atom stereocenters. The maximum absolute atomic E-state index is 11.0. The van der Waals surface area contributed by atoms with Gasteiger partial charge in [0.15, 0.2) is 0 Å². The molecule has 0 saturated carbocycles. The second-order valence-corrected chi connectivity index (χ2v) is 5.70. The fourth-order valence-electron chi connectivity index (χ4n) is 1.34. The zero-order valence-electron chi connectivity index (χ0n) is 7.65. The third kappa shape index (κ3) is 3.76. The lowest BCUT2D eigenvalue weighted by atomic mass is 10.0. The molecule has 0 aromatic rings. The molecule has 0 spiro atoms. The summed E-state index contributed by atoms with van der Waals surface area (Å²) in [6, 6.07) is 0. The van der Waals surface area contributed by atoms with Crippen LogP contribution in [0.5, 0.6) is 0 Å². The molecule has 4 nitrogen and oxygen atoms in total. The molecule has 13 heavy (non-hydrogen) atoms. The number of sulfone groups is 1. The van der Waals surface area contributed by atoms with Crippen LogP contribution in [-0.4, -0.2) is 32.5 Å². The van der Waals surface area contributed by atoms with E-state index in [1.807, 2.05) is 0 Å². The highest BCUT2D eigenvalue weighted by Crippen LogP contribution is 2.18. The van der Waals surface area contributed by atoms with Crippen molar-refractivity contribution in [2.75, 3.05) is 18.1 Å². The molecule has 0 atom stereocenters. The van der Waals surface area contributed by atoms with Crippen molar-refractivity contribution in [1.29, 1.82) is 0 Å². The zero-order chi connectivity index (χ0) is 9.90. The molecule has 1 aliphatic rings. The van der Waals surface area contributed by atoms with Crippen LogP contribution in [0.3, 0.4) is 0 Å². The van der Waals surface area contributed by atoms with Gasteiger partial charge in [-0.3, -0.25) is 4.79 Å². The predicted molar refractivity (Wildman–Crippen MR) is 48.0 cm³/mol. The number of carbonyl (C=O) groups excluding carboxylic acids is 1. The van der Waals surface area contributed by atoms with Gasteiger partial charge in [-0.25, -0.2) is 8.42 Å². The molecule has 5 heteroatoms. The van der Waals surface area contributed by atoms with E-state index in [4.69, 9.17) is 4.74 Å². The van der Waals surface area contributed by atoms with Crippen LogP contribution in [0.2, 0.25) is 0 Å². The van der Waals surface area contributed by atoms with Crippen molar-refractivity contribution in [2.45, 2.75) is 19.8 Å². The SMILES string of the molecule is CC(=O)OCC1CCS(=O)(=O)CC1. The summed E-state index contributed by atoms with van der Waals surface area (Å²) in [6.07, 6.45) is 1.24. The van der Waals surface area contributed by atoms with Gasteiger partial charge in [-0.05, 0) is 18.8 Å². The van der Waals surface area contributed by atoms with E-state index in [0.29, 0.717) is 19.4 Å². The fraction of sp³-hybridized carbons (Fsp3) is 0.875. The highest BCUT2D eigenvalue weighted by Gasteiger charge is 2.23. The first-order chi connectivity index (χ1) is 5.99. The standard InChI is InChI=1S/C8H14O4S/c1-7(9)12-6-8-2-4-13(10,11)5-3-8/h8H,2-6H2,1H3. The summed E-state index contributed by atoms with van der Waals surface area (Å²) in [6.45, 7) is 1.73. The number of carbonyl (C=O) groups is 1. The van der Waals surface area contributed by atoms with Gasteiger partial charge in [-0.15, -0.1) is 0 Å². The average molecular weight is 206 g/mol. The Morgan fingerprint density at radius 3 is 2.38 bits per heavy atom. The van der Waals surface area contributed by atoms with E-state index in [9.17, 15) is 13.2 Å².